The number of hydrogen-bond acceptors (Lipinski definition) is 0. The first-order valence-electron chi connectivity index (χ1n) is 30.2. The van der Waals surface area contributed by atoms with Crippen LogP contribution in [0.25, 0.3) is 99.1 Å². The van der Waals surface area contributed by atoms with Crippen molar-refractivity contribution in [1.29, 1.82) is 0 Å². The third-order valence-electron chi connectivity index (χ3n) is 20.0. The number of rotatable bonds is 2. The molecule has 0 saturated heterocycles. The van der Waals surface area contributed by atoms with Crippen LogP contribution in [0.15, 0.2) is 170 Å². The number of benzene rings is 10. The average Bonchev–Trinajstić information content (AvgIpc) is 1.42. The van der Waals surface area contributed by atoms with Gasteiger partial charge in [-0.15, -0.1) is 0 Å². The highest BCUT2D eigenvalue weighted by Gasteiger charge is 2.55. The lowest BCUT2D eigenvalue weighted by Gasteiger charge is -2.45. The zero-order valence-electron chi connectivity index (χ0n) is 50.6. The molecule has 4 aliphatic rings. The molecule has 1 aliphatic carbocycles. The monoisotopic (exact) mass is 1060 g/mol. The van der Waals surface area contributed by atoms with Crippen LogP contribution in [0.3, 0.4) is 0 Å². The summed E-state index contributed by atoms with van der Waals surface area (Å²) in [6.07, 6.45) is 0. The van der Waals surface area contributed by atoms with E-state index in [0.29, 0.717) is 0 Å². The van der Waals surface area contributed by atoms with Gasteiger partial charge in [-0.2, -0.15) is 0 Å². The van der Waals surface area contributed by atoms with E-state index >= 15 is 0 Å². The van der Waals surface area contributed by atoms with Crippen molar-refractivity contribution in [3.63, 3.8) is 0 Å². The summed E-state index contributed by atoms with van der Waals surface area (Å²) in [5.74, 6) is 0. The first kappa shape index (κ1) is 49.9. The van der Waals surface area contributed by atoms with E-state index in [4.69, 9.17) is 0 Å². The summed E-state index contributed by atoms with van der Waals surface area (Å²) in [6.45, 7) is 35.8. The molecule has 0 N–H and O–H groups in total. The van der Waals surface area contributed by atoms with Crippen molar-refractivity contribution in [2.75, 3.05) is 0 Å². The highest BCUT2D eigenvalue weighted by Crippen LogP contribution is 2.63. The Balaban J connectivity index is 1.17. The summed E-state index contributed by atoms with van der Waals surface area (Å²) in [5.41, 5.74) is 31.3. The maximum absolute atomic E-state index is 2.82. The van der Waals surface area contributed by atoms with Crippen molar-refractivity contribution in [1.82, 2.24) is 9.13 Å². The molecule has 3 aliphatic heterocycles. The second-order valence-electron chi connectivity index (χ2n) is 30.1. The van der Waals surface area contributed by atoms with Crippen molar-refractivity contribution in [3.05, 3.63) is 220 Å². The van der Waals surface area contributed by atoms with Crippen LogP contribution < -0.4 is 16.4 Å². The first-order valence-corrected chi connectivity index (χ1v) is 30.2. The van der Waals surface area contributed by atoms with Gasteiger partial charge < -0.3 is 9.13 Å². The minimum absolute atomic E-state index is 0.0115. The average molecular weight is 1060 g/mol. The molecule has 402 valence electrons. The normalized spacial score (nSPS) is 14.8. The lowest BCUT2D eigenvalue weighted by atomic mass is 9.33. The third kappa shape index (κ3) is 6.38. The molecule has 0 unspecified atom stereocenters. The Bertz CT molecular complexity index is 4830. The van der Waals surface area contributed by atoms with Gasteiger partial charge in [0, 0.05) is 43.8 Å². The number of nitrogens with zero attached hydrogens (tertiary/aromatic N) is 2. The van der Waals surface area contributed by atoms with Crippen molar-refractivity contribution in [3.8, 4) is 44.8 Å². The van der Waals surface area contributed by atoms with Crippen LogP contribution in [0.4, 0.5) is 0 Å². The van der Waals surface area contributed by atoms with Crippen LogP contribution in [0.1, 0.15) is 154 Å². The Morgan fingerprint density at radius 2 is 0.854 bits per heavy atom. The molecule has 5 heterocycles. The smallest absolute Gasteiger partial charge is 0.252 e. The van der Waals surface area contributed by atoms with Crippen LogP contribution in [-0.4, -0.2) is 15.8 Å². The quantitative estimate of drug-likeness (QED) is 0.153. The van der Waals surface area contributed by atoms with Gasteiger partial charge in [-0.1, -0.05) is 231 Å². The fourth-order valence-electron chi connectivity index (χ4n) is 15.9. The largest absolute Gasteiger partial charge is 0.310 e. The standard InChI is InChI=1S/C79H73BN2/c1-74(2,3)46-32-34-67-55(36-46)56-38-48(76(7,8)9)41-65-70(56)81(67)72-59(52-27-22-23-44-35-45(31-33-50(44)52)51-24-16-19-28-60(51)78(13,14)15)43-64-73-68(72)80(65)66-42-49(77(10,11)12)39-58-57-37-47(75(4,5)6)40-63(69(57)82(73)71(58)66)79(64)61-29-20-17-25-53(61)54-26-18-21-30-62(54)79/h16-43H,1-15H3. The lowest BCUT2D eigenvalue weighted by molar-refractivity contribution is 0.588. The van der Waals surface area contributed by atoms with Crippen LogP contribution in [0.5, 0.6) is 0 Å². The minimum atomic E-state index is -0.650. The van der Waals surface area contributed by atoms with Crippen molar-refractivity contribution < 1.29 is 0 Å². The molecule has 0 fully saturated rings. The van der Waals surface area contributed by atoms with E-state index in [1.807, 2.05) is 0 Å². The van der Waals surface area contributed by atoms with Crippen LogP contribution in [0.2, 0.25) is 0 Å². The van der Waals surface area contributed by atoms with E-state index in [0.717, 1.165) is 0 Å². The Labute approximate surface area is 484 Å². The van der Waals surface area contributed by atoms with Crippen LogP contribution in [-0.2, 0) is 32.5 Å². The zero-order chi connectivity index (χ0) is 56.9. The van der Waals surface area contributed by atoms with Gasteiger partial charge in [0.1, 0.15) is 0 Å². The predicted octanol–water partition coefficient (Wildman–Crippen LogP) is 18.7. The molecule has 0 bridgehead atoms. The SMILES string of the molecule is CC(C)(C)c1ccc2c(c1)c1cc(C(C)(C)C)cc3c1n2-c1c(-c2cccc4cc(-c5ccccc5C(C)(C)C)ccc24)cc2c4c1B3c1cc(C(C)(C)C)cc3c5cc(C(C)(C)C)cc(c5n-4c13)C21c2ccccc2-c2ccccc21. The summed E-state index contributed by atoms with van der Waals surface area (Å²) >= 11 is 0. The van der Waals surface area contributed by atoms with E-state index in [2.05, 4.69) is 283 Å². The molecule has 16 rings (SSSR count). The highest BCUT2D eigenvalue weighted by atomic mass is 15.1. The molecule has 0 atom stereocenters. The van der Waals surface area contributed by atoms with E-state index in [-0.39, 0.29) is 33.8 Å². The van der Waals surface area contributed by atoms with Gasteiger partial charge in [-0.25, -0.2) is 0 Å². The van der Waals surface area contributed by atoms with Crippen LogP contribution >= 0.6 is 0 Å². The Hall–Kier alpha value is -7.88. The van der Waals surface area contributed by atoms with Gasteiger partial charge >= 0.3 is 0 Å². The van der Waals surface area contributed by atoms with Gasteiger partial charge in [0.15, 0.2) is 0 Å². The molecule has 2 aromatic heterocycles. The number of hydrogen-bond donors (Lipinski definition) is 0. The van der Waals surface area contributed by atoms with Gasteiger partial charge in [0.25, 0.3) is 6.71 Å². The molecular formula is C79H73BN2. The lowest BCUT2D eigenvalue weighted by Crippen LogP contribution is -2.61. The molecule has 2 nitrogen and oxygen atoms in total. The summed E-state index contributed by atoms with van der Waals surface area (Å²) in [5, 5.41) is 7.91. The van der Waals surface area contributed by atoms with Crippen molar-refractivity contribution in [2.24, 2.45) is 0 Å². The summed E-state index contributed by atoms with van der Waals surface area (Å²) in [7, 11) is 0. The van der Waals surface area contributed by atoms with E-state index in [1.54, 1.807) is 0 Å². The first-order chi connectivity index (χ1) is 38.8. The summed E-state index contributed by atoms with van der Waals surface area (Å²) in [4.78, 5) is 0. The van der Waals surface area contributed by atoms with Crippen molar-refractivity contribution >= 4 is 77.5 Å². The number of fused-ring (bicyclic) bond motifs is 15. The molecule has 1 spiro atoms. The second-order valence-corrected chi connectivity index (χ2v) is 30.1. The predicted molar refractivity (Wildman–Crippen MR) is 353 cm³/mol. The fourth-order valence-corrected chi connectivity index (χ4v) is 15.9. The summed E-state index contributed by atoms with van der Waals surface area (Å²) in [6, 6.07) is 68.3. The van der Waals surface area contributed by atoms with Gasteiger partial charge in [-0.3, -0.25) is 0 Å². The molecule has 12 aromatic rings. The second kappa shape index (κ2) is 15.8. The highest BCUT2D eigenvalue weighted by molar-refractivity contribution is 7.00. The van der Waals surface area contributed by atoms with Crippen LogP contribution in [0, 0.1) is 0 Å². The summed E-state index contributed by atoms with van der Waals surface area (Å²) < 4.78 is 5.59. The molecular weight excluding hydrogens is 988 g/mol. The molecule has 10 aromatic carbocycles. The molecule has 82 heavy (non-hydrogen) atoms. The Kier molecular flexibility index (Phi) is 9.62. The van der Waals surface area contributed by atoms with E-state index in [9.17, 15) is 0 Å². The van der Waals surface area contributed by atoms with Gasteiger partial charge in [0.2, 0.25) is 0 Å². The van der Waals surface area contributed by atoms with E-state index in [1.165, 1.54) is 166 Å². The van der Waals surface area contributed by atoms with Gasteiger partial charge in [-0.05, 0) is 175 Å². The topological polar surface area (TPSA) is 9.86 Å². The Morgan fingerprint density at radius 3 is 1.46 bits per heavy atom. The molecule has 3 heteroatoms. The third-order valence-corrected chi connectivity index (χ3v) is 20.0. The zero-order valence-corrected chi connectivity index (χ0v) is 50.6. The Morgan fingerprint density at radius 1 is 0.329 bits per heavy atom. The van der Waals surface area contributed by atoms with E-state index < -0.39 is 5.41 Å². The maximum atomic E-state index is 2.82. The fraction of sp³-hybridized carbons (Fsp3) is 0.266. The van der Waals surface area contributed by atoms with Gasteiger partial charge in [0.05, 0.1) is 22.1 Å². The molecule has 0 saturated carbocycles. The maximum Gasteiger partial charge on any atom is 0.252 e. The minimum Gasteiger partial charge on any atom is -0.310 e. The molecule has 0 radical (unpaired) electrons. The van der Waals surface area contributed by atoms with Crippen molar-refractivity contribution in [2.45, 2.75) is 136 Å². The number of aromatic nitrogens is 2. The molecule has 0 amide bonds.